The second kappa shape index (κ2) is 5.71. The molecule has 0 bridgehead atoms. The molecule has 2 aromatic rings. The second-order valence-electron chi connectivity index (χ2n) is 3.84. The fourth-order valence-electron chi connectivity index (χ4n) is 1.54. The molecule has 4 nitrogen and oxygen atoms in total. The van der Waals surface area contributed by atoms with Crippen molar-refractivity contribution in [1.29, 1.82) is 5.26 Å². The lowest BCUT2D eigenvalue weighted by Crippen LogP contribution is -2.13. The average molecular weight is 327 g/mol. The van der Waals surface area contributed by atoms with Gasteiger partial charge in [-0.3, -0.25) is 4.72 Å². The third-order valence-electron chi connectivity index (χ3n) is 2.47. The predicted molar refractivity (Wildman–Crippen MR) is 78.4 cm³/mol. The van der Waals surface area contributed by atoms with Crippen LogP contribution in [0.2, 0.25) is 10.0 Å². The summed E-state index contributed by atoms with van der Waals surface area (Å²) in [5, 5.41) is 9.12. The smallest absolute Gasteiger partial charge is 0.263 e. The first kappa shape index (κ1) is 14.7. The number of nitrogens with zero attached hydrogens (tertiary/aromatic N) is 1. The van der Waals surface area contributed by atoms with E-state index in [0.717, 1.165) is 0 Å². The van der Waals surface area contributed by atoms with E-state index in [0.29, 0.717) is 5.56 Å². The zero-order valence-electron chi connectivity index (χ0n) is 9.97. The predicted octanol–water partition coefficient (Wildman–Crippen LogP) is 3.67. The Bertz CT molecular complexity index is 798. The number of hydrogen-bond acceptors (Lipinski definition) is 3. The molecule has 0 saturated carbocycles. The number of rotatable bonds is 3. The van der Waals surface area contributed by atoms with Gasteiger partial charge in [0, 0.05) is 0 Å². The number of anilines is 1. The summed E-state index contributed by atoms with van der Waals surface area (Å²) in [5.41, 5.74) is 0.428. The van der Waals surface area contributed by atoms with Gasteiger partial charge in [-0.15, -0.1) is 0 Å². The van der Waals surface area contributed by atoms with E-state index >= 15 is 0 Å². The molecular formula is C13H8Cl2N2O2S. The van der Waals surface area contributed by atoms with Gasteiger partial charge in [0.25, 0.3) is 10.0 Å². The minimum atomic E-state index is -3.87. The molecule has 2 rings (SSSR count). The van der Waals surface area contributed by atoms with E-state index in [4.69, 9.17) is 28.5 Å². The molecule has 2 aromatic carbocycles. The van der Waals surface area contributed by atoms with E-state index in [1.807, 2.05) is 6.07 Å². The van der Waals surface area contributed by atoms with E-state index in [-0.39, 0.29) is 20.6 Å². The van der Waals surface area contributed by atoms with Gasteiger partial charge in [0.15, 0.2) is 0 Å². The van der Waals surface area contributed by atoms with Crippen LogP contribution in [0, 0.1) is 11.3 Å². The Morgan fingerprint density at radius 2 is 1.75 bits per heavy atom. The summed E-state index contributed by atoms with van der Waals surface area (Å²) in [6.45, 7) is 0. The van der Waals surface area contributed by atoms with Gasteiger partial charge in [-0.05, 0) is 30.3 Å². The Kier molecular flexibility index (Phi) is 4.19. The third-order valence-corrected chi connectivity index (χ3v) is 4.66. The molecule has 0 atom stereocenters. The summed E-state index contributed by atoms with van der Waals surface area (Å²) < 4.78 is 26.8. The fourth-order valence-corrected chi connectivity index (χ4v) is 3.35. The molecule has 0 aliphatic heterocycles. The van der Waals surface area contributed by atoms with Gasteiger partial charge in [0.1, 0.15) is 4.90 Å². The highest BCUT2D eigenvalue weighted by molar-refractivity contribution is 7.92. The van der Waals surface area contributed by atoms with Gasteiger partial charge in [-0.25, -0.2) is 8.42 Å². The van der Waals surface area contributed by atoms with E-state index in [1.54, 1.807) is 12.1 Å². The lowest BCUT2D eigenvalue weighted by Gasteiger charge is -2.10. The molecule has 0 fully saturated rings. The molecule has 1 N–H and O–H groups in total. The molecular weight excluding hydrogens is 319 g/mol. The molecule has 0 radical (unpaired) electrons. The summed E-state index contributed by atoms with van der Waals surface area (Å²) in [4.78, 5) is -0.0555. The molecule has 0 unspecified atom stereocenters. The van der Waals surface area contributed by atoms with Crippen molar-refractivity contribution in [3.63, 3.8) is 0 Å². The fraction of sp³-hybridized carbons (Fsp3) is 0. The van der Waals surface area contributed by atoms with Gasteiger partial charge in [0.05, 0.1) is 27.4 Å². The first-order valence-electron chi connectivity index (χ1n) is 5.41. The normalized spacial score (nSPS) is 10.8. The highest BCUT2D eigenvalue weighted by atomic mass is 35.5. The van der Waals surface area contributed by atoms with Crippen molar-refractivity contribution >= 4 is 38.9 Å². The van der Waals surface area contributed by atoms with Crippen molar-refractivity contribution < 1.29 is 8.42 Å². The van der Waals surface area contributed by atoms with Crippen LogP contribution >= 0.6 is 23.2 Å². The van der Waals surface area contributed by atoms with Gasteiger partial charge in [-0.2, -0.15) is 5.26 Å². The molecule has 0 heterocycles. The Labute approximate surface area is 126 Å². The lowest BCUT2D eigenvalue weighted by molar-refractivity contribution is 0.601. The number of hydrogen-bond donors (Lipinski definition) is 1. The summed E-state index contributed by atoms with van der Waals surface area (Å²) in [7, 11) is -3.87. The zero-order valence-corrected chi connectivity index (χ0v) is 12.3. The third kappa shape index (κ3) is 3.05. The maximum Gasteiger partial charge on any atom is 0.263 e. The largest absolute Gasteiger partial charge is 0.278 e. The second-order valence-corrected chi connectivity index (χ2v) is 6.31. The molecule has 0 saturated heterocycles. The maximum absolute atomic E-state index is 12.2. The standard InChI is InChI=1S/C13H8Cl2N2O2S/c14-10-6-5-9(8-16)7-12(10)17-20(18,19)13-4-2-1-3-11(13)15/h1-7,17H. The first-order chi connectivity index (χ1) is 9.44. The van der Waals surface area contributed by atoms with Crippen LogP contribution < -0.4 is 4.72 Å². The SMILES string of the molecule is N#Cc1ccc(Cl)c(NS(=O)(=O)c2ccccc2Cl)c1. The van der Waals surface area contributed by atoms with E-state index in [2.05, 4.69) is 4.72 Å². The number of halogens is 2. The molecule has 0 aliphatic carbocycles. The van der Waals surface area contributed by atoms with Crippen molar-refractivity contribution in [1.82, 2.24) is 0 Å². The number of nitriles is 1. The van der Waals surface area contributed by atoms with Crippen molar-refractivity contribution in [2.75, 3.05) is 4.72 Å². The highest BCUT2D eigenvalue weighted by Crippen LogP contribution is 2.28. The molecule has 0 spiro atoms. The van der Waals surface area contributed by atoms with Crippen LogP contribution in [0.5, 0.6) is 0 Å². The first-order valence-corrected chi connectivity index (χ1v) is 7.65. The summed E-state index contributed by atoms with van der Waals surface area (Å²) in [6.07, 6.45) is 0. The minimum absolute atomic E-state index is 0.0555. The molecule has 20 heavy (non-hydrogen) atoms. The molecule has 102 valence electrons. The molecule has 0 aromatic heterocycles. The topological polar surface area (TPSA) is 70.0 Å². The van der Waals surface area contributed by atoms with Gasteiger partial charge in [0.2, 0.25) is 0 Å². The average Bonchev–Trinajstić information content (AvgIpc) is 2.41. The highest BCUT2D eigenvalue weighted by Gasteiger charge is 2.18. The Hall–Kier alpha value is -1.74. The molecule has 7 heteroatoms. The number of sulfonamides is 1. The van der Waals surface area contributed by atoms with Gasteiger partial charge >= 0.3 is 0 Å². The summed E-state index contributed by atoms with van der Waals surface area (Å²) in [5.74, 6) is 0. The summed E-state index contributed by atoms with van der Waals surface area (Å²) in [6, 6.07) is 12.3. The van der Waals surface area contributed by atoms with Crippen LogP contribution in [-0.4, -0.2) is 8.42 Å². The van der Waals surface area contributed by atoms with E-state index < -0.39 is 10.0 Å². The van der Waals surface area contributed by atoms with Crippen LogP contribution in [-0.2, 0) is 10.0 Å². The summed E-state index contributed by atoms with van der Waals surface area (Å²) >= 11 is 11.8. The van der Waals surface area contributed by atoms with Crippen molar-refractivity contribution in [2.24, 2.45) is 0 Å². The van der Waals surface area contributed by atoms with Crippen LogP contribution in [0.15, 0.2) is 47.4 Å². The van der Waals surface area contributed by atoms with E-state index in [9.17, 15) is 8.42 Å². The molecule has 0 amide bonds. The number of benzene rings is 2. The molecule has 0 aliphatic rings. The van der Waals surface area contributed by atoms with Crippen molar-refractivity contribution in [2.45, 2.75) is 4.90 Å². The number of nitrogens with one attached hydrogen (secondary N) is 1. The zero-order chi connectivity index (χ0) is 14.8. The lowest BCUT2D eigenvalue weighted by atomic mass is 10.2. The Balaban J connectivity index is 2.44. The van der Waals surface area contributed by atoms with Crippen LogP contribution in [0.25, 0.3) is 0 Å². The monoisotopic (exact) mass is 326 g/mol. The van der Waals surface area contributed by atoms with Crippen LogP contribution in [0.4, 0.5) is 5.69 Å². The van der Waals surface area contributed by atoms with Gasteiger partial charge < -0.3 is 0 Å². The Morgan fingerprint density at radius 1 is 1.05 bits per heavy atom. The van der Waals surface area contributed by atoms with Crippen LogP contribution in [0.3, 0.4) is 0 Å². The minimum Gasteiger partial charge on any atom is -0.278 e. The quantitative estimate of drug-likeness (QED) is 0.935. The van der Waals surface area contributed by atoms with Gasteiger partial charge in [-0.1, -0.05) is 35.3 Å². The van der Waals surface area contributed by atoms with Crippen LogP contribution in [0.1, 0.15) is 5.56 Å². The van der Waals surface area contributed by atoms with Crippen molar-refractivity contribution in [3.8, 4) is 6.07 Å². The Morgan fingerprint density at radius 3 is 2.40 bits per heavy atom. The van der Waals surface area contributed by atoms with Crippen molar-refractivity contribution in [3.05, 3.63) is 58.1 Å². The maximum atomic E-state index is 12.2. The van der Waals surface area contributed by atoms with E-state index in [1.165, 1.54) is 30.3 Å².